The summed E-state index contributed by atoms with van der Waals surface area (Å²) in [7, 11) is 0. The van der Waals surface area contributed by atoms with Crippen molar-refractivity contribution in [3.8, 4) is 0 Å². The third kappa shape index (κ3) is 4.41. The van der Waals surface area contributed by atoms with Crippen LogP contribution in [0.25, 0.3) is 0 Å². The van der Waals surface area contributed by atoms with Crippen molar-refractivity contribution in [2.45, 2.75) is 40.5 Å². The number of aromatic amines is 1. The minimum absolute atomic E-state index is 0.0562. The number of nitrogens with zero attached hydrogens (tertiary/aromatic N) is 2. The summed E-state index contributed by atoms with van der Waals surface area (Å²) in [5.74, 6) is 0.201. The molecule has 27 heavy (non-hydrogen) atoms. The molecular formula is C22H29N3O2. The van der Waals surface area contributed by atoms with Gasteiger partial charge in [-0.25, -0.2) is 0 Å². The summed E-state index contributed by atoms with van der Waals surface area (Å²) in [6.07, 6.45) is 1.24. The maximum atomic E-state index is 12.8. The Morgan fingerprint density at radius 3 is 2.37 bits per heavy atom. The predicted molar refractivity (Wildman–Crippen MR) is 107 cm³/mol. The van der Waals surface area contributed by atoms with Gasteiger partial charge in [0.15, 0.2) is 0 Å². The maximum absolute atomic E-state index is 12.8. The van der Waals surface area contributed by atoms with Crippen molar-refractivity contribution in [3.05, 3.63) is 57.9 Å². The van der Waals surface area contributed by atoms with E-state index in [1.165, 1.54) is 5.56 Å². The van der Waals surface area contributed by atoms with Gasteiger partial charge >= 0.3 is 0 Å². The predicted octanol–water partition coefficient (Wildman–Crippen LogP) is 3.17. The van der Waals surface area contributed by atoms with Crippen LogP contribution in [-0.2, 0) is 11.2 Å². The number of nitrogens with one attached hydrogen (secondary N) is 1. The van der Waals surface area contributed by atoms with Gasteiger partial charge in [-0.1, -0.05) is 23.8 Å². The number of rotatable bonds is 3. The Morgan fingerprint density at radius 2 is 1.67 bits per heavy atom. The monoisotopic (exact) mass is 367 g/mol. The quantitative estimate of drug-likeness (QED) is 0.906. The first-order valence-corrected chi connectivity index (χ1v) is 9.64. The van der Waals surface area contributed by atoms with E-state index in [1.54, 1.807) is 0 Å². The third-order valence-corrected chi connectivity index (χ3v) is 5.36. The highest BCUT2D eigenvalue weighted by Gasteiger charge is 2.24. The van der Waals surface area contributed by atoms with Crippen molar-refractivity contribution in [1.82, 2.24) is 14.8 Å². The van der Waals surface area contributed by atoms with Crippen LogP contribution in [0.1, 0.15) is 44.9 Å². The zero-order valence-corrected chi connectivity index (χ0v) is 16.8. The van der Waals surface area contributed by atoms with Crippen molar-refractivity contribution >= 4 is 11.8 Å². The molecule has 3 rings (SSSR count). The van der Waals surface area contributed by atoms with Crippen LogP contribution < -0.4 is 0 Å². The van der Waals surface area contributed by atoms with Crippen LogP contribution in [0.5, 0.6) is 0 Å². The van der Waals surface area contributed by atoms with Gasteiger partial charge in [0.1, 0.15) is 0 Å². The van der Waals surface area contributed by atoms with E-state index in [1.807, 2.05) is 43.6 Å². The summed E-state index contributed by atoms with van der Waals surface area (Å²) in [4.78, 5) is 32.6. The average Bonchev–Trinajstić information content (AvgIpc) is 2.83. The lowest BCUT2D eigenvalue weighted by atomic mass is 10.0. The summed E-state index contributed by atoms with van der Waals surface area (Å²) in [5, 5.41) is 0. The zero-order valence-electron chi connectivity index (χ0n) is 16.8. The number of H-pyrrole nitrogens is 1. The topological polar surface area (TPSA) is 56.4 Å². The highest BCUT2D eigenvalue weighted by atomic mass is 16.2. The molecular weight excluding hydrogens is 338 g/mol. The average molecular weight is 367 g/mol. The molecule has 144 valence electrons. The lowest BCUT2D eigenvalue weighted by Crippen LogP contribution is -2.38. The molecule has 2 amide bonds. The lowest BCUT2D eigenvalue weighted by Gasteiger charge is -2.22. The summed E-state index contributed by atoms with van der Waals surface area (Å²) < 4.78 is 0. The highest BCUT2D eigenvalue weighted by Crippen LogP contribution is 2.16. The molecule has 1 aliphatic heterocycles. The van der Waals surface area contributed by atoms with Gasteiger partial charge in [-0.05, 0) is 51.3 Å². The molecule has 5 nitrogen and oxygen atoms in total. The number of benzene rings is 1. The van der Waals surface area contributed by atoms with Crippen molar-refractivity contribution < 1.29 is 9.59 Å². The Labute approximate surface area is 161 Å². The van der Waals surface area contributed by atoms with E-state index in [9.17, 15) is 9.59 Å². The number of hydrogen-bond donors (Lipinski definition) is 1. The van der Waals surface area contributed by atoms with Crippen molar-refractivity contribution in [2.24, 2.45) is 0 Å². The second-order valence-electron chi connectivity index (χ2n) is 7.62. The van der Waals surface area contributed by atoms with Crippen LogP contribution in [0.2, 0.25) is 0 Å². The first-order valence-electron chi connectivity index (χ1n) is 9.64. The molecule has 0 atom stereocenters. The summed E-state index contributed by atoms with van der Waals surface area (Å²) >= 11 is 0. The number of amides is 2. The summed E-state index contributed by atoms with van der Waals surface area (Å²) in [5.41, 5.74) is 6.06. The molecule has 0 radical (unpaired) electrons. The van der Waals surface area contributed by atoms with E-state index in [2.05, 4.69) is 23.2 Å². The van der Waals surface area contributed by atoms with Gasteiger partial charge in [0.2, 0.25) is 5.91 Å². The van der Waals surface area contributed by atoms with Gasteiger partial charge in [-0.2, -0.15) is 0 Å². The number of hydrogen-bond acceptors (Lipinski definition) is 2. The fourth-order valence-corrected chi connectivity index (χ4v) is 3.75. The fourth-order valence-electron chi connectivity index (χ4n) is 3.75. The van der Waals surface area contributed by atoms with E-state index < -0.39 is 0 Å². The molecule has 2 heterocycles. The molecule has 1 aromatic carbocycles. The van der Waals surface area contributed by atoms with Gasteiger partial charge < -0.3 is 14.8 Å². The van der Waals surface area contributed by atoms with Crippen LogP contribution >= 0.6 is 0 Å². The van der Waals surface area contributed by atoms with Crippen molar-refractivity contribution in [2.75, 3.05) is 26.2 Å². The molecule has 0 saturated carbocycles. The van der Waals surface area contributed by atoms with Crippen molar-refractivity contribution in [3.63, 3.8) is 0 Å². The molecule has 2 aromatic rings. The number of aryl methyl sites for hydroxylation is 4. The van der Waals surface area contributed by atoms with Crippen molar-refractivity contribution in [1.29, 1.82) is 0 Å². The van der Waals surface area contributed by atoms with Crippen LogP contribution in [0.15, 0.2) is 24.3 Å². The third-order valence-electron chi connectivity index (χ3n) is 5.36. The van der Waals surface area contributed by atoms with E-state index in [4.69, 9.17) is 0 Å². The Kier molecular flexibility index (Phi) is 5.68. The first kappa shape index (κ1) is 19.2. The molecule has 0 aliphatic carbocycles. The van der Waals surface area contributed by atoms with Gasteiger partial charge in [-0.3, -0.25) is 9.59 Å². The molecule has 5 heteroatoms. The second kappa shape index (κ2) is 7.99. The maximum Gasteiger partial charge on any atom is 0.255 e. The number of carbonyl (C=O) groups excluding carboxylic acids is 2. The fraction of sp³-hybridized carbons (Fsp3) is 0.455. The molecule has 1 saturated heterocycles. The van der Waals surface area contributed by atoms with E-state index in [0.717, 1.165) is 34.5 Å². The van der Waals surface area contributed by atoms with Crippen LogP contribution in [0.3, 0.4) is 0 Å². The normalized spacial score (nSPS) is 15.0. The SMILES string of the molecule is Cc1ccc(C)c(CC(=O)N2CCCN(C(=O)c3cc(C)[nH]c3C)CC2)c1. The molecule has 1 aliphatic rings. The van der Waals surface area contributed by atoms with Gasteiger partial charge in [0, 0.05) is 37.6 Å². The standard InChI is InChI=1S/C22H29N3O2/c1-15-6-7-16(2)19(12-15)14-21(26)24-8-5-9-25(11-10-24)22(27)20-13-17(3)23-18(20)4/h6-7,12-13,23H,5,8-11,14H2,1-4H3. The highest BCUT2D eigenvalue weighted by molar-refractivity contribution is 5.95. The van der Waals surface area contributed by atoms with Gasteiger partial charge in [0.25, 0.3) is 5.91 Å². The van der Waals surface area contributed by atoms with E-state index in [-0.39, 0.29) is 11.8 Å². The largest absolute Gasteiger partial charge is 0.362 e. The lowest BCUT2D eigenvalue weighted by molar-refractivity contribution is -0.130. The summed E-state index contributed by atoms with van der Waals surface area (Å²) in [6, 6.07) is 8.15. The Balaban J connectivity index is 1.64. The van der Waals surface area contributed by atoms with Crippen LogP contribution in [0, 0.1) is 27.7 Å². The van der Waals surface area contributed by atoms with E-state index in [0.29, 0.717) is 32.6 Å². The van der Waals surface area contributed by atoms with Crippen LogP contribution in [-0.4, -0.2) is 52.8 Å². The Morgan fingerprint density at radius 1 is 0.963 bits per heavy atom. The number of aromatic nitrogens is 1. The van der Waals surface area contributed by atoms with Gasteiger partial charge in [-0.15, -0.1) is 0 Å². The first-order chi connectivity index (χ1) is 12.8. The smallest absolute Gasteiger partial charge is 0.255 e. The Hall–Kier alpha value is -2.56. The molecule has 1 aromatic heterocycles. The summed E-state index contributed by atoms with van der Waals surface area (Å²) in [6.45, 7) is 10.6. The minimum atomic E-state index is 0.0562. The van der Waals surface area contributed by atoms with Gasteiger partial charge in [0.05, 0.1) is 12.0 Å². The number of carbonyl (C=O) groups is 2. The van der Waals surface area contributed by atoms with E-state index >= 15 is 0 Å². The van der Waals surface area contributed by atoms with Crippen LogP contribution in [0.4, 0.5) is 0 Å². The molecule has 0 unspecified atom stereocenters. The minimum Gasteiger partial charge on any atom is -0.362 e. The molecule has 0 spiro atoms. The Bertz CT molecular complexity index is 853. The molecule has 0 bridgehead atoms. The molecule has 1 fully saturated rings. The molecule has 1 N–H and O–H groups in total. The zero-order chi connectivity index (χ0) is 19.6. The second-order valence-corrected chi connectivity index (χ2v) is 7.62.